The molecule has 2 rings (SSSR count). The molecule has 0 radical (unpaired) electrons. The van der Waals surface area contributed by atoms with E-state index in [0.29, 0.717) is 47.4 Å². The van der Waals surface area contributed by atoms with Crippen molar-refractivity contribution in [2.75, 3.05) is 34.5 Å². The zero-order chi connectivity index (χ0) is 23.7. The number of hydrogen-bond acceptors (Lipinski definition) is 10. The average molecular weight is 452 g/mol. The van der Waals surface area contributed by atoms with Crippen LogP contribution in [0.3, 0.4) is 0 Å². The van der Waals surface area contributed by atoms with Gasteiger partial charge in [-0.1, -0.05) is 25.9 Å². The third kappa shape index (κ3) is 6.57. The zero-order valence-corrected chi connectivity index (χ0v) is 19.5. The molecule has 2 aromatic rings. The second kappa shape index (κ2) is 12.3. The number of aliphatic hydroxyl groups excluding tert-OH is 1. The Hall–Kier alpha value is -2.85. The number of nitrogens with zero attached hydrogens (tertiary/aromatic N) is 2. The molecule has 1 heterocycles. The summed E-state index contributed by atoms with van der Waals surface area (Å²) in [7, 11) is 4.60. The van der Waals surface area contributed by atoms with E-state index in [-0.39, 0.29) is 31.1 Å². The van der Waals surface area contributed by atoms with Gasteiger partial charge in [0, 0.05) is 18.5 Å². The quantitative estimate of drug-likeness (QED) is 0.439. The van der Waals surface area contributed by atoms with E-state index in [1.165, 1.54) is 21.3 Å². The van der Waals surface area contributed by atoms with E-state index in [1.54, 1.807) is 12.1 Å². The minimum absolute atomic E-state index is 0.0723. The van der Waals surface area contributed by atoms with Crippen molar-refractivity contribution in [2.45, 2.75) is 45.8 Å². The Morgan fingerprint density at radius 1 is 1.16 bits per heavy atom. The fourth-order valence-electron chi connectivity index (χ4n) is 3.08. The van der Waals surface area contributed by atoms with Crippen molar-refractivity contribution in [3.8, 4) is 28.6 Å². The first-order chi connectivity index (χ1) is 15.3. The zero-order valence-electron chi connectivity index (χ0n) is 19.5. The summed E-state index contributed by atoms with van der Waals surface area (Å²) >= 11 is 0. The Morgan fingerprint density at radius 3 is 2.34 bits per heavy atom. The Kier molecular flexibility index (Phi) is 9.73. The SMILES string of the molecule is CCCC(=O)OCC(O)CNC(c1nc(-c2cc(OC)c(OC)c(OC)c2)no1)C(C)C. The van der Waals surface area contributed by atoms with Gasteiger partial charge in [0.25, 0.3) is 0 Å². The summed E-state index contributed by atoms with van der Waals surface area (Å²) < 4.78 is 26.7. The fourth-order valence-corrected chi connectivity index (χ4v) is 3.08. The van der Waals surface area contributed by atoms with Crippen LogP contribution in [0.15, 0.2) is 16.7 Å². The van der Waals surface area contributed by atoms with Crippen LogP contribution in [0.1, 0.15) is 45.5 Å². The molecule has 0 saturated heterocycles. The lowest BCUT2D eigenvalue weighted by Gasteiger charge is -2.20. The maximum absolute atomic E-state index is 11.5. The van der Waals surface area contributed by atoms with Crippen LogP contribution in [-0.2, 0) is 9.53 Å². The Balaban J connectivity index is 2.13. The van der Waals surface area contributed by atoms with Gasteiger partial charge in [-0.25, -0.2) is 0 Å². The van der Waals surface area contributed by atoms with Crippen molar-refractivity contribution in [2.24, 2.45) is 5.92 Å². The number of esters is 1. The molecule has 0 aliphatic carbocycles. The predicted molar refractivity (Wildman–Crippen MR) is 117 cm³/mol. The minimum atomic E-state index is -0.852. The number of carbonyl (C=O) groups excluding carboxylic acids is 1. The third-order valence-corrected chi connectivity index (χ3v) is 4.76. The van der Waals surface area contributed by atoms with Gasteiger partial charge in [0.2, 0.25) is 17.5 Å². The molecular weight excluding hydrogens is 418 g/mol. The molecule has 0 bridgehead atoms. The van der Waals surface area contributed by atoms with Crippen LogP contribution < -0.4 is 19.5 Å². The van der Waals surface area contributed by atoms with Gasteiger partial charge in [-0.2, -0.15) is 4.98 Å². The van der Waals surface area contributed by atoms with E-state index < -0.39 is 6.10 Å². The van der Waals surface area contributed by atoms with Crippen LogP contribution >= 0.6 is 0 Å². The number of hydrogen-bond donors (Lipinski definition) is 2. The van der Waals surface area contributed by atoms with E-state index in [0.717, 1.165) is 0 Å². The topological polar surface area (TPSA) is 125 Å². The van der Waals surface area contributed by atoms with Crippen molar-refractivity contribution in [3.63, 3.8) is 0 Å². The van der Waals surface area contributed by atoms with E-state index in [9.17, 15) is 9.90 Å². The number of aliphatic hydroxyl groups is 1. The van der Waals surface area contributed by atoms with Gasteiger partial charge in [-0.3, -0.25) is 4.79 Å². The number of nitrogens with one attached hydrogen (secondary N) is 1. The van der Waals surface area contributed by atoms with Crippen molar-refractivity contribution >= 4 is 5.97 Å². The largest absolute Gasteiger partial charge is 0.493 e. The van der Waals surface area contributed by atoms with Crippen molar-refractivity contribution in [3.05, 3.63) is 18.0 Å². The van der Waals surface area contributed by atoms with E-state index in [1.807, 2.05) is 20.8 Å². The Bertz CT molecular complexity index is 844. The summed E-state index contributed by atoms with van der Waals surface area (Å²) in [6, 6.07) is 3.17. The summed E-state index contributed by atoms with van der Waals surface area (Å²) in [5.41, 5.74) is 0.639. The summed E-state index contributed by atoms with van der Waals surface area (Å²) in [5.74, 6) is 1.94. The lowest BCUT2D eigenvalue weighted by molar-refractivity contribution is -0.146. The maximum atomic E-state index is 11.5. The smallest absolute Gasteiger partial charge is 0.305 e. The van der Waals surface area contributed by atoms with Gasteiger partial charge < -0.3 is 33.9 Å². The van der Waals surface area contributed by atoms with E-state index in [2.05, 4.69) is 15.5 Å². The maximum Gasteiger partial charge on any atom is 0.305 e. The fraction of sp³-hybridized carbons (Fsp3) is 0.591. The van der Waals surface area contributed by atoms with Gasteiger partial charge >= 0.3 is 5.97 Å². The molecule has 10 nitrogen and oxygen atoms in total. The standard InChI is InChI=1S/C22H33N3O7/c1-7-8-18(27)31-12-15(26)11-23-19(13(2)3)22-24-21(25-32-22)14-9-16(28-4)20(30-6)17(10-14)29-5/h9-10,13,15,19,23,26H,7-8,11-12H2,1-6H3. The number of methoxy groups -OCH3 is 3. The lowest BCUT2D eigenvalue weighted by Crippen LogP contribution is -2.35. The monoisotopic (exact) mass is 451 g/mol. The predicted octanol–water partition coefficient (Wildman–Crippen LogP) is 2.75. The van der Waals surface area contributed by atoms with E-state index >= 15 is 0 Å². The van der Waals surface area contributed by atoms with Gasteiger partial charge in [0.15, 0.2) is 11.5 Å². The van der Waals surface area contributed by atoms with Crippen molar-refractivity contribution in [1.82, 2.24) is 15.5 Å². The first-order valence-corrected chi connectivity index (χ1v) is 10.6. The molecule has 1 aromatic heterocycles. The number of benzene rings is 1. The Labute approximate surface area is 188 Å². The van der Waals surface area contributed by atoms with Gasteiger partial charge in [-0.05, 0) is 24.5 Å². The molecule has 32 heavy (non-hydrogen) atoms. The van der Waals surface area contributed by atoms with Crippen LogP contribution in [0, 0.1) is 5.92 Å². The second-order valence-corrected chi connectivity index (χ2v) is 7.59. The highest BCUT2D eigenvalue weighted by molar-refractivity contribution is 5.69. The molecular formula is C22H33N3O7. The first-order valence-electron chi connectivity index (χ1n) is 10.6. The summed E-state index contributed by atoms with van der Waals surface area (Å²) in [6.07, 6.45) is 0.184. The summed E-state index contributed by atoms with van der Waals surface area (Å²) in [6.45, 7) is 6.01. The highest BCUT2D eigenvalue weighted by Crippen LogP contribution is 2.40. The molecule has 0 amide bonds. The second-order valence-electron chi connectivity index (χ2n) is 7.59. The molecule has 2 N–H and O–H groups in total. The van der Waals surface area contributed by atoms with Gasteiger partial charge in [0.1, 0.15) is 12.7 Å². The number of ether oxygens (including phenoxy) is 4. The van der Waals surface area contributed by atoms with Gasteiger partial charge in [-0.15, -0.1) is 0 Å². The molecule has 178 valence electrons. The number of aromatic nitrogens is 2. The first kappa shape index (κ1) is 25.4. The highest BCUT2D eigenvalue weighted by atomic mass is 16.5. The molecule has 0 fully saturated rings. The van der Waals surface area contributed by atoms with Crippen LogP contribution in [0.25, 0.3) is 11.4 Å². The van der Waals surface area contributed by atoms with Gasteiger partial charge in [0.05, 0.1) is 27.4 Å². The summed E-state index contributed by atoms with van der Waals surface area (Å²) in [4.78, 5) is 16.0. The van der Waals surface area contributed by atoms with E-state index in [4.69, 9.17) is 23.5 Å². The molecule has 0 aliphatic rings. The number of carbonyl (C=O) groups is 1. The third-order valence-electron chi connectivity index (χ3n) is 4.76. The average Bonchev–Trinajstić information content (AvgIpc) is 3.26. The molecule has 0 spiro atoms. The molecule has 10 heteroatoms. The van der Waals surface area contributed by atoms with Crippen LogP contribution in [0.4, 0.5) is 0 Å². The molecule has 0 saturated carbocycles. The Morgan fingerprint density at radius 2 is 1.81 bits per heavy atom. The van der Waals surface area contributed by atoms with Crippen molar-refractivity contribution in [1.29, 1.82) is 0 Å². The lowest BCUT2D eigenvalue weighted by atomic mass is 10.0. The summed E-state index contributed by atoms with van der Waals surface area (Å²) in [5, 5.41) is 17.5. The molecule has 2 atom stereocenters. The number of rotatable bonds is 13. The molecule has 0 aliphatic heterocycles. The van der Waals surface area contributed by atoms with Crippen molar-refractivity contribution < 1.29 is 33.4 Å². The van der Waals surface area contributed by atoms with Crippen LogP contribution in [0.5, 0.6) is 17.2 Å². The highest BCUT2D eigenvalue weighted by Gasteiger charge is 2.25. The van der Waals surface area contributed by atoms with Crippen LogP contribution in [-0.4, -0.2) is 61.8 Å². The normalized spacial score (nSPS) is 13.0. The molecule has 1 aromatic carbocycles. The van der Waals surface area contributed by atoms with Crippen LogP contribution in [0.2, 0.25) is 0 Å². The minimum Gasteiger partial charge on any atom is -0.493 e. The molecule has 2 unspecified atom stereocenters.